The maximum Gasteiger partial charge on any atom is 0.339 e. The van der Waals surface area contributed by atoms with Gasteiger partial charge in [0.15, 0.2) is 18.2 Å². The number of para-hydroxylation sites is 1. The Balaban J connectivity index is 1.39. The fourth-order valence-corrected chi connectivity index (χ4v) is 4.54. The molecule has 0 fully saturated rings. The molecule has 6 nitrogen and oxygen atoms in total. The van der Waals surface area contributed by atoms with Gasteiger partial charge in [0.1, 0.15) is 0 Å². The molecule has 0 aromatic heterocycles. The van der Waals surface area contributed by atoms with E-state index < -0.39 is 18.4 Å². The largest absolute Gasteiger partial charge is 0.452 e. The van der Waals surface area contributed by atoms with Crippen LogP contribution in [-0.2, 0) is 16.0 Å². The zero-order chi connectivity index (χ0) is 22.4. The van der Waals surface area contributed by atoms with Crippen LogP contribution in [0.15, 0.2) is 66.7 Å². The first-order valence-electron chi connectivity index (χ1n) is 10.4. The summed E-state index contributed by atoms with van der Waals surface area (Å²) in [7, 11) is 0. The number of hydrogen-bond donors (Lipinski definition) is 0. The minimum atomic E-state index is -0.809. The lowest BCUT2D eigenvalue weighted by Crippen LogP contribution is -2.38. The molecule has 6 heteroatoms. The first kappa shape index (κ1) is 19.9. The number of hydrogen-bond acceptors (Lipinski definition) is 5. The van der Waals surface area contributed by atoms with Crippen molar-refractivity contribution >= 4 is 29.1 Å². The van der Waals surface area contributed by atoms with Crippen molar-refractivity contribution in [3.63, 3.8) is 0 Å². The van der Waals surface area contributed by atoms with Crippen molar-refractivity contribution in [2.45, 2.75) is 19.4 Å². The van der Waals surface area contributed by atoms with Gasteiger partial charge in [-0.1, -0.05) is 54.6 Å². The van der Waals surface area contributed by atoms with Crippen molar-refractivity contribution < 1.29 is 23.9 Å². The number of ether oxygens (including phenoxy) is 1. The Bertz CT molecular complexity index is 1310. The monoisotopic (exact) mass is 425 g/mol. The average molecular weight is 425 g/mol. The van der Waals surface area contributed by atoms with Crippen molar-refractivity contribution in [2.24, 2.45) is 0 Å². The van der Waals surface area contributed by atoms with Crippen LogP contribution in [0.25, 0.3) is 0 Å². The number of esters is 1. The summed E-state index contributed by atoms with van der Waals surface area (Å²) in [6, 6.07) is 18.6. The Kier molecular flexibility index (Phi) is 4.70. The molecule has 1 atom stereocenters. The second kappa shape index (κ2) is 7.57. The first-order chi connectivity index (χ1) is 15.5. The maximum absolute atomic E-state index is 13.1. The Hall–Kier alpha value is -4.06. The average Bonchev–Trinajstić information content (AvgIpc) is 3.16. The summed E-state index contributed by atoms with van der Waals surface area (Å²) in [6.07, 6.45) is 0.734. The minimum Gasteiger partial charge on any atom is -0.452 e. The summed E-state index contributed by atoms with van der Waals surface area (Å²) in [4.78, 5) is 53.3. The van der Waals surface area contributed by atoms with E-state index in [9.17, 15) is 19.2 Å². The Labute approximate surface area is 184 Å². The molecule has 3 aromatic carbocycles. The van der Waals surface area contributed by atoms with Crippen LogP contribution in [0.3, 0.4) is 0 Å². The third-order valence-electron chi connectivity index (χ3n) is 5.98. The summed E-state index contributed by atoms with van der Waals surface area (Å²) in [5, 5.41) is 0. The Morgan fingerprint density at radius 3 is 2.31 bits per heavy atom. The third-order valence-corrected chi connectivity index (χ3v) is 5.98. The van der Waals surface area contributed by atoms with Crippen molar-refractivity contribution in [3.05, 3.63) is 100 Å². The maximum atomic E-state index is 13.1. The van der Waals surface area contributed by atoms with Gasteiger partial charge in [0, 0.05) is 34.0 Å². The molecule has 0 saturated heterocycles. The number of nitrogens with zero attached hydrogens (tertiary/aromatic N) is 1. The molecule has 1 aliphatic carbocycles. The van der Waals surface area contributed by atoms with E-state index >= 15 is 0 Å². The number of ketones is 2. The highest BCUT2D eigenvalue weighted by Crippen LogP contribution is 2.32. The van der Waals surface area contributed by atoms with Gasteiger partial charge in [0.05, 0.1) is 5.56 Å². The van der Waals surface area contributed by atoms with E-state index in [4.69, 9.17) is 4.74 Å². The lowest BCUT2D eigenvalue weighted by atomic mass is 9.82. The molecular weight excluding hydrogens is 406 g/mol. The quantitative estimate of drug-likeness (QED) is 0.469. The van der Waals surface area contributed by atoms with Crippen LogP contribution in [0.2, 0.25) is 0 Å². The van der Waals surface area contributed by atoms with E-state index in [0.717, 1.165) is 17.7 Å². The van der Waals surface area contributed by atoms with Gasteiger partial charge in [-0.15, -0.1) is 0 Å². The number of fused-ring (bicyclic) bond motifs is 3. The highest BCUT2D eigenvalue weighted by molar-refractivity contribution is 6.30. The molecule has 32 heavy (non-hydrogen) atoms. The zero-order valence-electron chi connectivity index (χ0n) is 17.3. The van der Waals surface area contributed by atoms with Crippen molar-refractivity contribution in [1.29, 1.82) is 0 Å². The van der Waals surface area contributed by atoms with Gasteiger partial charge < -0.3 is 9.64 Å². The van der Waals surface area contributed by atoms with Crippen LogP contribution < -0.4 is 4.90 Å². The molecule has 0 saturated carbocycles. The number of benzene rings is 3. The summed E-state index contributed by atoms with van der Waals surface area (Å²) in [6.45, 7) is 1.48. The molecule has 2 aliphatic rings. The topological polar surface area (TPSA) is 80.8 Å². The van der Waals surface area contributed by atoms with E-state index in [0.29, 0.717) is 5.56 Å². The van der Waals surface area contributed by atoms with Crippen LogP contribution in [-0.4, -0.2) is 36.1 Å². The standard InChI is InChI=1S/C26H19NO5/c1-15-13-16-7-2-5-12-21(16)27(15)22(28)14-32-26(31)20-11-6-10-19-23(20)25(30)18-9-4-3-8-17(18)24(19)29/h2-12,15H,13-14H2,1H3. The molecule has 1 unspecified atom stereocenters. The molecule has 0 N–H and O–H groups in total. The Morgan fingerprint density at radius 1 is 0.875 bits per heavy atom. The predicted octanol–water partition coefficient (Wildman–Crippen LogP) is 3.60. The van der Waals surface area contributed by atoms with Crippen LogP contribution >= 0.6 is 0 Å². The van der Waals surface area contributed by atoms with Crippen molar-refractivity contribution in [1.82, 2.24) is 0 Å². The van der Waals surface area contributed by atoms with Crippen molar-refractivity contribution in [3.8, 4) is 0 Å². The second-order valence-corrected chi connectivity index (χ2v) is 7.95. The fraction of sp³-hybridized carbons (Fsp3) is 0.154. The van der Waals surface area contributed by atoms with E-state index in [1.165, 1.54) is 18.2 Å². The summed E-state index contributed by atoms with van der Waals surface area (Å²) in [5.74, 6) is -1.87. The van der Waals surface area contributed by atoms with E-state index in [-0.39, 0.29) is 40.0 Å². The lowest BCUT2D eigenvalue weighted by Gasteiger charge is -2.23. The number of amides is 1. The summed E-state index contributed by atoms with van der Waals surface area (Å²) in [5.41, 5.74) is 2.62. The fourth-order valence-electron chi connectivity index (χ4n) is 4.54. The number of carbonyl (C=O) groups excluding carboxylic acids is 4. The van der Waals surface area contributed by atoms with Crippen LogP contribution in [0.4, 0.5) is 5.69 Å². The molecule has 0 spiro atoms. The number of anilines is 1. The molecule has 1 heterocycles. The van der Waals surface area contributed by atoms with Gasteiger partial charge in [-0.2, -0.15) is 0 Å². The van der Waals surface area contributed by atoms with Crippen LogP contribution in [0.1, 0.15) is 54.7 Å². The van der Waals surface area contributed by atoms with Gasteiger partial charge >= 0.3 is 5.97 Å². The molecule has 0 bridgehead atoms. The van der Waals surface area contributed by atoms with E-state index in [1.807, 2.05) is 31.2 Å². The molecule has 1 aliphatic heterocycles. The van der Waals surface area contributed by atoms with Gasteiger partial charge in [-0.25, -0.2) is 4.79 Å². The van der Waals surface area contributed by atoms with Gasteiger partial charge in [-0.3, -0.25) is 14.4 Å². The first-order valence-corrected chi connectivity index (χ1v) is 10.4. The third kappa shape index (κ3) is 3.03. The second-order valence-electron chi connectivity index (χ2n) is 7.95. The minimum absolute atomic E-state index is 0.0157. The van der Waals surface area contributed by atoms with E-state index in [1.54, 1.807) is 29.2 Å². The van der Waals surface area contributed by atoms with Crippen LogP contribution in [0, 0.1) is 0 Å². The smallest absolute Gasteiger partial charge is 0.339 e. The number of rotatable bonds is 3. The SMILES string of the molecule is CC1Cc2ccccc2N1C(=O)COC(=O)c1cccc2c1C(=O)c1ccccc1C2=O. The zero-order valence-corrected chi connectivity index (χ0v) is 17.3. The Morgan fingerprint density at radius 2 is 1.53 bits per heavy atom. The molecule has 5 rings (SSSR count). The molecule has 0 radical (unpaired) electrons. The molecular formula is C26H19NO5. The van der Waals surface area contributed by atoms with E-state index in [2.05, 4.69) is 0 Å². The van der Waals surface area contributed by atoms with Gasteiger partial charge in [0.2, 0.25) is 0 Å². The molecule has 158 valence electrons. The highest BCUT2D eigenvalue weighted by atomic mass is 16.5. The van der Waals surface area contributed by atoms with Crippen molar-refractivity contribution in [2.75, 3.05) is 11.5 Å². The normalized spacial score (nSPS) is 16.3. The van der Waals surface area contributed by atoms with Gasteiger partial charge in [0.25, 0.3) is 5.91 Å². The predicted molar refractivity (Wildman–Crippen MR) is 117 cm³/mol. The van der Waals surface area contributed by atoms with Gasteiger partial charge in [-0.05, 0) is 31.0 Å². The summed E-state index contributed by atoms with van der Waals surface area (Å²) >= 11 is 0. The number of carbonyl (C=O) groups is 4. The van der Waals surface area contributed by atoms with Crippen LogP contribution in [0.5, 0.6) is 0 Å². The highest BCUT2D eigenvalue weighted by Gasteiger charge is 2.34. The summed E-state index contributed by atoms with van der Waals surface area (Å²) < 4.78 is 5.31. The lowest BCUT2D eigenvalue weighted by molar-refractivity contribution is -0.122. The molecule has 3 aromatic rings. The molecule has 1 amide bonds.